The van der Waals surface area contributed by atoms with Gasteiger partial charge in [0.2, 0.25) is 0 Å². The number of halogens is 2. The quantitative estimate of drug-likeness (QED) is 0.592. The van der Waals surface area contributed by atoms with Gasteiger partial charge in [0.05, 0.1) is 6.61 Å². The van der Waals surface area contributed by atoms with Crippen molar-refractivity contribution in [2.24, 2.45) is 5.92 Å². The van der Waals surface area contributed by atoms with E-state index in [0.29, 0.717) is 29.0 Å². The summed E-state index contributed by atoms with van der Waals surface area (Å²) in [6, 6.07) is 11.4. The summed E-state index contributed by atoms with van der Waals surface area (Å²) in [5, 5.41) is 8.34. The van der Waals surface area contributed by atoms with Gasteiger partial charge in [-0.2, -0.15) is 0 Å². The van der Waals surface area contributed by atoms with Gasteiger partial charge in [-0.15, -0.1) is 0 Å². The van der Waals surface area contributed by atoms with E-state index < -0.39 is 0 Å². The van der Waals surface area contributed by atoms with Crippen LogP contribution in [-0.2, 0) is 13.2 Å². The molecule has 0 aromatic heterocycles. The third kappa shape index (κ3) is 6.28. The molecule has 0 unspecified atom stereocenters. The van der Waals surface area contributed by atoms with Crippen LogP contribution in [0.25, 0.3) is 0 Å². The number of piperidine rings is 1. The minimum atomic E-state index is 0.431. The van der Waals surface area contributed by atoms with Crippen molar-refractivity contribution in [1.29, 1.82) is 0 Å². The van der Waals surface area contributed by atoms with E-state index in [4.69, 9.17) is 32.7 Å². The fourth-order valence-electron chi connectivity index (χ4n) is 3.33. The molecule has 2 aromatic carbocycles. The van der Waals surface area contributed by atoms with Gasteiger partial charge in [-0.3, -0.25) is 0 Å². The Labute approximate surface area is 177 Å². The van der Waals surface area contributed by atoms with Crippen LogP contribution in [-0.4, -0.2) is 26.2 Å². The number of ether oxygens (including phenoxy) is 2. The molecule has 1 heterocycles. The molecule has 1 aliphatic heterocycles. The van der Waals surface area contributed by atoms with Gasteiger partial charge >= 0.3 is 0 Å². The standard InChI is InChI=1S/C22H28Cl2N2O2/c1-2-27-21-11-18(14-26-13-16-7-9-25-10-8-16)20(24)12-22(21)28-15-17-3-5-19(23)6-4-17/h3-6,11-12,16,25-26H,2,7-10,13-15H2,1H3. The van der Waals surface area contributed by atoms with Crippen LogP contribution in [0.2, 0.25) is 10.0 Å². The van der Waals surface area contributed by atoms with Crippen molar-refractivity contribution in [3.05, 3.63) is 57.6 Å². The molecule has 0 saturated carbocycles. The zero-order valence-electron chi connectivity index (χ0n) is 16.3. The molecule has 4 nitrogen and oxygen atoms in total. The van der Waals surface area contributed by atoms with E-state index in [0.717, 1.165) is 49.0 Å². The first-order valence-electron chi connectivity index (χ1n) is 9.89. The normalized spacial score (nSPS) is 14.8. The average molecular weight is 423 g/mol. The van der Waals surface area contributed by atoms with Crippen molar-refractivity contribution in [3.8, 4) is 11.5 Å². The highest BCUT2D eigenvalue weighted by molar-refractivity contribution is 6.31. The van der Waals surface area contributed by atoms with Crippen molar-refractivity contribution in [2.75, 3.05) is 26.2 Å². The third-order valence-corrected chi connectivity index (χ3v) is 5.53. The lowest BCUT2D eigenvalue weighted by Crippen LogP contribution is -2.33. The highest BCUT2D eigenvalue weighted by atomic mass is 35.5. The van der Waals surface area contributed by atoms with E-state index in [-0.39, 0.29) is 0 Å². The minimum absolute atomic E-state index is 0.431. The molecule has 0 atom stereocenters. The Morgan fingerprint density at radius 3 is 2.46 bits per heavy atom. The average Bonchev–Trinajstić information content (AvgIpc) is 2.71. The van der Waals surface area contributed by atoms with Crippen LogP contribution >= 0.6 is 23.2 Å². The fraction of sp³-hybridized carbons (Fsp3) is 0.455. The van der Waals surface area contributed by atoms with Gasteiger partial charge in [0.15, 0.2) is 11.5 Å². The maximum atomic E-state index is 6.52. The zero-order chi connectivity index (χ0) is 19.8. The van der Waals surface area contributed by atoms with Crippen molar-refractivity contribution in [1.82, 2.24) is 10.6 Å². The Morgan fingerprint density at radius 2 is 1.75 bits per heavy atom. The monoisotopic (exact) mass is 422 g/mol. The van der Waals surface area contributed by atoms with Crippen LogP contribution in [0.3, 0.4) is 0 Å². The summed E-state index contributed by atoms with van der Waals surface area (Å²) in [6.45, 7) is 6.92. The van der Waals surface area contributed by atoms with E-state index in [9.17, 15) is 0 Å². The molecule has 2 aromatic rings. The van der Waals surface area contributed by atoms with Crippen LogP contribution < -0.4 is 20.1 Å². The summed E-state index contributed by atoms with van der Waals surface area (Å²) in [7, 11) is 0. The van der Waals surface area contributed by atoms with Gasteiger partial charge in [0, 0.05) is 22.7 Å². The first kappa shape index (κ1) is 21.3. The van der Waals surface area contributed by atoms with Crippen molar-refractivity contribution in [3.63, 3.8) is 0 Å². The Kier molecular flexibility index (Phi) is 8.28. The molecular weight excluding hydrogens is 395 g/mol. The molecule has 0 radical (unpaired) electrons. The Morgan fingerprint density at radius 1 is 1.04 bits per heavy atom. The summed E-state index contributed by atoms with van der Waals surface area (Å²) >= 11 is 12.5. The molecule has 3 rings (SSSR count). The first-order valence-corrected chi connectivity index (χ1v) is 10.6. The molecule has 0 aliphatic carbocycles. The fourth-order valence-corrected chi connectivity index (χ4v) is 3.68. The largest absolute Gasteiger partial charge is 0.490 e. The molecule has 0 bridgehead atoms. The summed E-state index contributed by atoms with van der Waals surface area (Å²) in [4.78, 5) is 0. The predicted octanol–water partition coefficient (Wildman–Crippen LogP) is 5.06. The highest BCUT2D eigenvalue weighted by Crippen LogP contribution is 2.34. The molecule has 152 valence electrons. The van der Waals surface area contributed by atoms with Gasteiger partial charge in [0.1, 0.15) is 6.61 Å². The third-order valence-electron chi connectivity index (χ3n) is 4.93. The topological polar surface area (TPSA) is 42.5 Å². The smallest absolute Gasteiger partial charge is 0.163 e. The first-order chi connectivity index (χ1) is 13.7. The summed E-state index contributed by atoms with van der Waals surface area (Å²) in [5.74, 6) is 2.11. The van der Waals surface area contributed by atoms with E-state index in [1.165, 1.54) is 12.8 Å². The number of benzene rings is 2. The number of hydrogen-bond donors (Lipinski definition) is 2. The predicted molar refractivity (Wildman–Crippen MR) is 116 cm³/mol. The second-order valence-corrected chi connectivity index (χ2v) is 7.91. The van der Waals surface area contributed by atoms with Gasteiger partial charge in [-0.05, 0) is 74.6 Å². The maximum Gasteiger partial charge on any atom is 0.163 e. The van der Waals surface area contributed by atoms with Gasteiger partial charge < -0.3 is 20.1 Å². The Hall–Kier alpha value is -1.46. The summed E-state index contributed by atoms with van der Waals surface area (Å²) < 4.78 is 11.8. The van der Waals surface area contributed by atoms with Crippen LogP contribution in [0.1, 0.15) is 30.9 Å². The minimum Gasteiger partial charge on any atom is -0.490 e. The lowest BCUT2D eigenvalue weighted by atomic mass is 9.98. The molecule has 0 spiro atoms. The van der Waals surface area contributed by atoms with Gasteiger partial charge in [-0.1, -0.05) is 35.3 Å². The number of hydrogen-bond acceptors (Lipinski definition) is 4. The van der Waals surface area contributed by atoms with Crippen molar-refractivity contribution in [2.45, 2.75) is 32.9 Å². The molecule has 6 heteroatoms. The lowest BCUT2D eigenvalue weighted by Gasteiger charge is -2.23. The number of rotatable bonds is 9. The van der Waals surface area contributed by atoms with Crippen LogP contribution in [0, 0.1) is 5.92 Å². The molecule has 1 saturated heterocycles. The molecule has 1 fully saturated rings. The molecule has 28 heavy (non-hydrogen) atoms. The van der Waals surface area contributed by atoms with Gasteiger partial charge in [0.25, 0.3) is 0 Å². The van der Waals surface area contributed by atoms with E-state index in [1.807, 2.05) is 43.3 Å². The van der Waals surface area contributed by atoms with E-state index in [2.05, 4.69) is 10.6 Å². The second kappa shape index (κ2) is 10.9. The summed E-state index contributed by atoms with van der Waals surface area (Å²) in [5.41, 5.74) is 2.06. The van der Waals surface area contributed by atoms with Crippen molar-refractivity contribution < 1.29 is 9.47 Å². The Bertz CT molecular complexity index is 747. The SMILES string of the molecule is CCOc1cc(CNCC2CCNCC2)c(Cl)cc1OCc1ccc(Cl)cc1. The molecule has 1 aliphatic rings. The van der Waals surface area contributed by atoms with Crippen LogP contribution in [0.15, 0.2) is 36.4 Å². The number of nitrogens with one attached hydrogen (secondary N) is 2. The second-order valence-electron chi connectivity index (χ2n) is 7.06. The molecule has 0 amide bonds. The zero-order valence-corrected chi connectivity index (χ0v) is 17.8. The lowest BCUT2D eigenvalue weighted by molar-refractivity contribution is 0.269. The maximum absolute atomic E-state index is 6.52. The molecule has 2 N–H and O–H groups in total. The van der Waals surface area contributed by atoms with Crippen molar-refractivity contribution >= 4 is 23.2 Å². The highest BCUT2D eigenvalue weighted by Gasteiger charge is 2.14. The Balaban J connectivity index is 1.62. The van der Waals surface area contributed by atoms with Crippen LogP contribution in [0.5, 0.6) is 11.5 Å². The molecular formula is C22H28Cl2N2O2. The van der Waals surface area contributed by atoms with E-state index >= 15 is 0 Å². The van der Waals surface area contributed by atoms with E-state index in [1.54, 1.807) is 0 Å². The summed E-state index contributed by atoms with van der Waals surface area (Å²) in [6.07, 6.45) is 2.45. The van der Waals surface area contributed by atoms with Gasteiger partial charge in [-0.25, -0.2) is 0 Å². The van der Waals surface area contributed by atoms with Crippen LogP contribution in [0.4, 0.5) is 0 Å².